The number of fused-ring (bicyclic) bond motifs is 1. The standard InChI is InChI=1S/C12H12N4OS/c1-6-12(17)15-9-4-7(2-3-10(9)18-6)8-5-14-16-11(8)13/h2-6H,1H3,(H,15,17)(H3,13,14,16). The third-order valence-electron chi connectivity index (χ3n) is 2.89. The van der Waals surface area contributed by atoms with Gasteiger partial charge in [-0.3, -0.25) is 9.89 Å². The summed E-state index contributed by atoms with van der Waals surface area (Å²) in [5, 5.41) is 9.44. The highest BCUT2D eigenvalue weighted by atomic mass is 32.2. The second kappa shape index (κ2) is 4.06. The van der Waals surface area contributed by atoms with Crippen molar-refractivity contribution in [3.05, 3.63) is 24.4 Å². The van der Waals surface area contributed by atoms with Crippen LogP contribution in [0.2, 0.25) is 0 Å². The highest BCUT2D eigenvalue weighted by Crippen LogP contribution is 2.38. The molecule has 2 aromatic rings. The minimum atomic E-state index is -0.0534. The molecular weight excluding hydrogens is 248 g/mol. The average molecular weight is 260 g/mol. The van der Waals surface area contributed by atoms with Gasteiger partial charge in [-0.05, 0) is 24.6 Å². The van der Waals surface area contributed by atoms with Crippen molar-refractivity contribution in [1.29, 1.82) is 0 Å². The number of amides is 1. The normalized spacial score (nSPS) is 18.3. The van der Waals surface area contributed by atoms with E-state index in [1.165, 1.54) is 0 Å². The number of hydrogen-bond acceptors (Lipinski definition) is 4. The average Bonchev–Trinajstić information content (AvgIpc) is 2.76. The molecule has 0 radical (unpaired) electrons. The van der Waals surface area contributed by atoms with E-state index in [4.69, 9.17) is 5.73 Å². The molecule has 92 valence electrons. The zero-order valence-electron chi connectivity index (χ0n) is 9.73. The second-order valence-corrected chi connectivity index (χ2v) is 5.54. The summed E-state index contributed by atoms with van der Waals surface area (Å²) in [6.45, 7) is 1.89. The van der Waals surface area contributed by atoms with E-state index in [0.717, 1.165) is 21.7 Å². The Bertz CT molecular complexity index is 622. The molecule has 2 heterocycles. The van der Waals surface area contributed by atoms with E-state index in [-0.39, 0.29) is 11.2 Å². The van der Waals surface area contributed by atoms with Crippen LogP contribution < -0.4 is 11.1 Å². The minimum absolute atomic E-state index is 0.0322. The summed E-state index contributed by atoms with van der Waals surface area (Å²) in [4.78, 5) is 12.7. The lowest BCUT2D eigenvalue weighted by Crippen LogP contribution is -2.26. The fourth-order valence-corrected chi connectivity index (χ4v) is 2.83. The minimum Gasteiger partial charge on any atom is -0.384 e. The molecular formula is C12H12N4OS. The van der Waals surface area contributed by atoms with Crippen LogP contribution in [0.1, 0.15) is 6.92 Å². The van der Waals surface area contributed by atoms with Crippen molar-refractivity contribution in [2.75, 3.05) is 11.1 Å². The molecule has 1 aromatic carbocycles. The number of nitrogens with two attached hydrogens (primary N) is 1. The summed E-state index contributed by atoms with van der Waals surface area (Å²) in [6.07, 6.45) is 1.68. The Hall–Kier alpha value is -1.95. The van der Waals surface area contributed by atoms with Gasteiger partial charge in [0.1, 0.15) is 5.82 Å². The first-order chi connectivity index (χ1) is 8.65. The van der Waals surface area contributed by atoms with Crippen LogP contribution in [0.5, 0.6) is 0 Å². The summed E-state index contributed by atoms with van der Waals surface area (Å²) >= 11 is 1.56. The van der Waals surface area contributed by atoms with Gasteiger partial charge in [0.05, 0.1) is 17.1 Å². The van der Waals surface area contributed by atoms with Gasteiger partial charge in [0.15, 0.2) is 0 Å². The summed E-state index contributed by atoms with van der Waals surface area (Å²) in [5.74, 6) is 0.558. The predicted molar refractivity (Wildman–Crippen MR) is 72.4 cm³/mol. The van der Waals surface area contributed by atoms with Crippen LogP contribution in [-0.4, -0.2) is 21.4 Å². The van der Waals surface area contributed by atoms with Crippen molar-refractivity contribution in [2.45, 2.75) is 17.1 Å². The maximum atomic E-state index is 11.6. The topological polar surface area (TPSA) is 83.8 Å². The molecule has 5 nitrogen and oxygen atoms in total. The van der Waals surface area contributed by atoms with Gasteiger partial charge in [-0.2, -0.15) is 5.10 Å². The number of anilines is 2. The SMILES string of the molecule is CC1Sc2ccc(-c3cn[nH]c3N)cc2NC1=O. The van der Waals surface area contributed by atoms with Gasteiger partial charge >= 0.3 is 0 Å². The van der Waals surface area contributed by atoms with Crippen LogP contribution in [0.25, 0.3) is 11.1 Å². The van der Waals surface area contributed by atoms with Gasteiger partial charge in [-0.25, -0.2) is 0 Å². The molecule has 6 heteroatoms. The molecule has 1 atom stereocenters. The maximum absolute atomic E-state index is 11.6. The molecule has 0 fully saturated rings. The van der Waals surface area contributed by atoms with Crippen molar-refractivity contribution < 1.29 is 4.79 Å². The zero-order chi connectivity index (χ0) is 12.7. The maximum Gasteiger partial charge on any atom is 0.237 e. The van der Waals surface area contributed by atoms with Gasteiger partial charge in [-0.15, -0.1) is 11.8 Å². The number of aromatic amines is 1. The van der Waals surface area contributed by atoms with Gasteiger partial charge in [-0.1, -0.05) is 6.07 Å². The van der Waals surface area contributed by atoms with Crippen LogP contribution in [-0.2, 0) is 4.79 Å². The molecule has 1 aliphatic rings. The van der Waals surface area contributed by atoms with Gasteiger partial charge in [0.25, 0.3) is 0 Å². The van der Waals surface area contributed by atoms with Crippen LogP contribution >= 0.6 is 11.8 Å². The van der Waals surface area contributed by atoms with E-state index in [1.54, 1.807) is 18.0 Å². The van der Waals surface area contributed by atoms with E-state index in [2.05, 4.69) is 15.5 Å². The molecule has 1 amide bonds. The molecule has 1 aromatic heterocycles. The largest absolute Gasteiger partial charge is 0.384 e. The van der Waals surface area contributed by atoms with Gasteiger partial charge in [0.2, 0.25) is 5.91 Å². The summed E-state index contributed by atoms with van der Waals surface area (Å²) in [6, 6.07) is 5.91. The van der Waals surface area contributed by atoms with Crippen molar-refractivity contribution in [3.63, 3.8) is 0 Å². The fraction of sp³-hybridized carbons (Fsp3) is 0.167. The van der Waals surface area contributed by atoms with E-state index in [0.29, 0.717) is 5.82 Å². The Morgan fingerprint density at radius 3 is 3.00 bits per heavy atom. The Labute approximate surface area is 108 Å². The lowest BCUT2D eigenvalue weighted by molar-refractivity contribution is -0.115. The Kier molecular flexibility index (Phi) is 2.52. The first-order valence-electron chi connectivity index (χ1n) is 5.56. The lowest BCUT2D eigenvalue weighted by atomic mass is 10.1. The van der Waals surface area contributed by atoms with E-state index < -0.39 is 0 Å². The highest BCUT2D eigenvalue weighted by molar-refractivity contribution is 8.00. The Morgan fingerprint density at radius 1 is 1.44 bits per heavy atom. The molecule has 18 heavy (non-hydrogen) atoms. The number of carbonyl (C=O) groups excluding carboxylic acids is 1. The lowest BCUT2D eigenvalue weighted by Gasteiger charge is -2.21. The Morgan fingerprint density at radius 2 is 2.28 bits per heavy atom. The first-order valence-corrected chi connectivity index (χ1v) is 6.44. The predicted octanol–water partition coefficient (Wildman–Crippen LogP) is 2.09. The van der Waals surface area contributed by atoms with E-state index in [1.807, 2.05) is 25.1 Å². The monoisotopic (exact) mass is 260 g/mol. The third-order valence-corrected chi connectivity index (χ3v) is 4.07. The molecule has 0 aliphatic carbocycles. The number of nitrogens with zero attached hydrogens (tertiary/aromatic N) is 1. The Balaban J connectivity index is 2.04. The second-order valence-electron chi connectivity index (χ2n) is 4.16. The zero-order valence-corrected chi connectivity index (χ0v) is 10.5. The number of rotatable bonds is 1. The third kappa shape index (κ3) is 1.74. The van der Waals surface area contributed by atoms with Crippen molar-refractivity contribution in [2.24, 2.45) is 0 Å². The van der Waals surface area contributed by atoms with Crippen molar-refractivity contribution >= 4 is 29.2 Å². The number of hydrogen-bond donors (Lipinski definition) is 3. The summed E-state index contributed by atoms with van der Waals surface area (Å²) < 4.78 is 0. The molecule has 4 N–H and O–H groups in total. The summed E-state index contributed by atoms with van der Waals surface area (Å²) in [7, 11) is 0. The molecule has 0 saturated heterocycles. The number of nitrogens with one attached hydrogen (secondary N) is 2. The number of nitrogen functional groups attached to an aromatic ring is 1. The van der Waals surface area contributed by atoms with Crippen LogP contribution in [0, 0.1) is 0 Å². The van der Waals surface area contributed by atoms with Crippen LogP contribution in [0.3, 0.4) is 0 Å². The number of thioether (sulfide) groups is 1. The fourth-order valence-electron chi connectivity index (χ4n) is 1.90. The van der Waals surface area contributed by atoms with Gasteiger partial charge < -0.3 is 11.1 Å². The number of carbonyl (C=O) groups is 1. The quantitative estimate of drug-likeness (QED) is 0.733. The van der Waals surface area contributed by atoms with Crippen LogP contribution in [0.4, 0.5) is 11.5 Å². The molecule has 3 rings (SSSR count). The number of benzene rings is 1. The van der Waals surface area contributed by atoms with E-state index >= 15 is 0 Å². The van der Waals surface area contributed by atoms with Crippen LogP contribution in [0.15, 0.2) is 29.3 Å². The van der Waals surface area contributed by atoms with Crippen molar-refractivity contribution in [3.8, 4) is 11.1 Å². The molecule has 1 unspecified atom stereocenters. The number of H-pyrrole nitrogens is 1. The molecule has 0 saturated carbocycles. The highest BCUT2D eigenvalue weighted by Gasteiger charge is 2.23. The summed E-state index contributed by atoms with van der Waals surface area (Å²) in [5.41, 5.74) is 8.41. The van der Waals surface area contributed by atoms with Crippen molar-refractivity contribution in [1.82, 2.24) is 10.2 Å². The molecule has 0 bridgehead atoms. The molecule has 1 aliphatic heterocycles. The van der Waals surface area contributed by atoms with E-state index in [9.17, 15) is 4.79 Å². The molecule has 0 spiro atoms. The van der Waals surface area contributed by atoms with Gasteiger partial charge in [0, 0.05) is 10.5 Å². The first kappa shape index (κ1) is 11.2. The smallest absolute Gasteiger partial charge is 0.237 e. The number of aromatic nitrogens is 2.